The van der Waals surface area contributed by atoms with E-state index in [-0.39, 0.29) is 4.88 Å². The Balaban J connectivity index is 2.72. The molecule has 100 valence electrons. The molecular formula is C13H11BrClNO2S. The van der Waals surface area contributed by atoms with E-state index in [2.05, 4.69) is 15.9 Å². The van der Waals surface area contributed by atoms with E-state index in [1.807, 2.05) is 25.1 Å². The van der Waals surface area contributed by atoms with Crippen molar-refractivity contribution in [3.63, 3.8) is 0 Å². The van der Waals surface area contributed by atoms with E-state index in [9.17, 15) is 4.79 Å². The van der Waals surface area contributed by atoms with Crippen molar-refractivity contribution in [2.24, 2.45) is 0 Å². The van der Waals surface area contributed by atoms with Gasteiger partial charge in [0.2, 0.25) is 0 Å². The van der Waals surface area contributed by atoms with Gasteiger partial charge in [0.05, 0.1) is 10.7 Å². The van der Waals surface area contributed by atoms with Gasteiger partial charge in [0.25, 0.3) is 0 Å². The van der Waals surface area contributed by atoms with Crippen LogP contribution in [-0.4, -0.2) is 11.1 Å². The highest BCUT2D eigenvalue weighted by molar-refractivity contribution is 9.10. The Labute approximate surface area is 128 Å². The van der Waals surface area contributed by atoms with Gasteiger partial charge in [-0.05, 0) is 34.0 Å². The molecule has 1 aromatic heterocycles. The molecule has 1 heterocycles. The molecule has 19 heavy (non-hydrogen) atoms. The second-order valence-electron chi connectivity index (χ2n) is 3.91. The molecule has 0 aliphatic rings. The molecule has 1 aromatic carbocycles. The van der Waals surface area contributed by atoms with Crippen molar-refractivity contribution in [2.75, 3.05) is 5.73 Å². The quantitative estimate of drug-likeness (QED) is 0.835. The van der Waals surface area contributed by atoms with Crippen molar-refractivity contribution < 1.29 is 9.90 Å². The largest absolute Gasteiger partial charge is 0.477 e. The molecule has 0 saturated heterocycles. The minimum atomic E-state index is -1.01. The van der Waals surface area contributed by atoms with Crippen LogP contribution in [0.2, 0.25) is 5.02 Å². The molecule has 0 fully saturated rings. The Morgan fingerprint density at radius 2 is 2.21 bits per heavy atom. The lowest BCUT2D eigenvalue weighted by Crippen LogP contribution is -1.99. The van der Waals surface area contributed by atoms with Crippen LogP contribution in [0.25, 0.3) is 10.4 Å². The van der Waals surface area contributed by atoms with Crippen molar-refractivity contribution in [2.45, 2.75) is 13.3 Å². The molecule has 0 radical (unpaired) electrons. The number of hydrogen-bond donors (Lipinski definition) is 2. The van der Waals surface area contributed by atoms with Crippen molar-refractivity contribution >= 4 is 50.5 Å². The summed E-state index contributed by atoms with van der Waals surface area (Å²) in [5.74, 6) is -1.01. The van der Waals surface area contributed by atoms with Gasteiger partial charge in [-0.2, -0.15) is 0 Å². The summed E-state index contributed by atoms with van der Waals surface area (Å²) >= 11 is 10.8. The summed E-state index contributed by atoms with van der Waals surface area (Å²) in [5.41, 5.74) is 7.89. The molecule has 2 rings (SSSR count). The third-order valence-electron chi connectivity index (χ3n) is 2.79. The number of rotatable bonds is 3. The summed E-state index contributed by atoms with van der Waals surface area (Å²) in [6, 6.07) is 5.57. The van der Waals surface area contributed by atoms with E-state index < -0.39 is 5.97 Å². The number of nitrogens with two attached hydrogens (primary N) is 1. The molecular weight excluding hydrogens is 350 g/mol. The fourth-order valence-corrected chi connectivity index (χ4v) is 3.71. The zero-order chi connectivity index (χ0) is 14.2. The van der Waals surface area contributed by atoms with Crippen molar-refractivity contribution in [1.82, 2.24) is 0 Å². The molecule has 2 aromatic rings. The lowest BCUT2D eigenvalue weighted by Gasteiger charge is -2.06. The number of hydrogen-bond acceptors (Lipinski definition) is 3. The first kappa shape index (κ1) is 14.4. The van der Waals surface area contributed by atoms with E-state index >= 15 is 0 Å². The van der Waals surface area contributed by atoms with Gasteiger partial charge in [0, 0.05) is 14.9 Å². The van der Waals surface area contributed by atoms with Crippen LogP contribution in [0.3, 0.4) is 0 Å². The smallest absolute Gasteiger partial charge is 0.348 e. The zero-order valence-electron chi connectivity index (χ0n) is 10.0. The first-order chi connectivity index (χ1) is 8.97. The van der Waals surface area contributed by atoms with Crippen molar-refractivity contribution in [3.8, 4) is 10.4 Å². The van der Waals surface area contributed by atoms with Crippen LogP contribution in [0.4, 0.5) is 5.69 Å². The van der Waals surface area contributed by atoms with Crippen LogP contribution < -0.4 is 5.73 Å². The first-order valence-corrected chi connectivity index (χ1v) is 7.54. The number of benzene rings is 1. The highest BCUT2D eigenvalue weighted by atomic mass is 79.9. The number of carbonyl (C=O) groups is 1. The number of carboxylic acids is 1. The zero-order valence-corrected chi connectivity index (χ0v) is 13.2. The van der Waals surface area contributed by atoms with Crippen molar-refractivity contribution in [1.29, 1.82) is 0 Å². The fraction of sp³-hybridized carbons (Fsp3) is 0.154. The Morgan fingerprint density at radius 3 is 2.79 bits per heavy atom. The summed E-state index contributed by atoms with van der Waals surface area (Å²) in [6.07, 6.45) is 0.661. The summed E-state index contributed by atoms with van der Waals surface area (Å²) in [7, 11) is 0. The second kappa shape index (κ2) is 5.53. The molecule has 0 amide bonds. The Hall–Kier alpha value is -1.04. The summed E-state index contributed by atoms with van der Waals surface area (Å²) in [5, 5.41) is 9.72. The lowest BCUT2D eigenvalue weighted by molar-refractivity contribution is 0.0703. The molecule has 0 aliphatic heterocycles. The monoisotopic (exact) mass is 359 g/mol. The molecule has 0 aliphatic carbocycles. The summed E-state index contributed by atoms with van der Waals surface area (Å²) < 4.78 is 0.776. The SMILES string of the molecule is CCc1c(-c2cccc(Br)c2Cl)sc(C(=O)O)c1N. The average Bonchev–Trinajstić information content (AvgIpc) is 2.69. The number of aromatic carboxylic acids is 1. The van der Waals surface area contributed by atoms with E-state index in [1.165, 1.54) is 0 Å². The maximum absolute atomic E-state index is 11.2. The highest BCUT2D eigenvalue weighted by Gasteiger charge is 2.21. The first-order valence-electron chi connectivity index (χ1n) is 5.56. The number of anilines is 1. The maximum atomic E-state index is 11.2. The predicted octanol–water partition coefficient (Wildman–Crippen LogP) is 4.67. The standard InChI is InChI=1S/C13H11BrClNO2S/c1-2-6-10(16)12(13(17)18)19-11(6)7-4-3-5-8(14)9(7)15/h3-5H,2,16H2,1H3,(H,17,18). The summed E-state index contributed by atoms with van der Waals surface area (Å²) in [6.45, 7) is 1.94. The normalized spacial score (nSPS) is 10.7. The van der Waals surface area contributed by atoms with Gasteiger partial charge in [-0.25, -0.2) is 4.79 Å². The van der Waals surface area contributed by atoms with Gasteiger partial charge in [-0.3, -0.25) is 0 Å². The number of thiophene rings is 1. The van der Waals surface area contributed by atoms with Crippen molar-refractivity contribution in [3.05, 3.63) is 38.1 Å². The highest BCUT2D eigenvalue weighted by Crippen LogP contribution is 2.43. The Morgan fingerprint density at radius 1 is 1.53 bits per heavy atom. The summed E-state index contributed by atoms with van der Waals surface area (Å²) in [4.78, 5) is 12.2. The van der Waals surface area contributed by atoms with Gasteiger partial charge in [-0.1, -0.05) is 30.7 Å². The average molecular weight is 361 g/mol. The molecule has 6 heteroatoms. The molecule has 3 N–H and O–H groups in total. The number of nitrogen functional groups attached to an aromatic ring is 1. The topological polar surface area (TPSA) is 63.3 Å². The number of carboxylic acid groups (broad SMARTS) is 1. The molecule has 3 nitrogen and oxygen atoms in total. The lowest BCUT2D eigenvalue weighted by atomic mass is 10.1. The number of halogens is 2. The maximum Gasteiger partial charge on any atom is 0.348 e. The van der Waals surface area contributed by atoms with Gasteiger partial charge in [-0.15, -0.1) is 11.3 Å². The third kappa shape index (κ3) is 2.50. The Bertz CT molecular complexity index is 654. The minimum Gasteiger partial charge on any atom is -0.477 e. The molecule has 0 spiro atoms. The van der Waals surface area contributed by atoms with Gasteiger partial charge in [0.15, 0.2) is 0 Å². The van der Waals surface area contributed by atoms with E-state index in [4.69, 9.17) is 22.4 Å². The fourth-order valence-electron chi connectivity index (χ4n) is 1.88. The van der Waals surface area contributed by atoms with E-state index in [1.54, 1.807) is 0 Å². The predicted molar refractivity (Wildman–Crippen MR) is 83.2 cm³/mol. The van der Waals surface area contributed by atoms with Crippen LogP contribution in [0.5, 0.6) is 0 Å². The minimum absolute atomic E-state index is 0.169. The van der Waals surface area contributed by atoms with Crippen LogP contribution in [0.15, 0.2) is 22.7 Å². The van der Waals surface area contributed by atoms with E-state index in [0.717, 1.165) is 31.8 Å². The molecule has 0 saturated carbocycles. The van der Waals surface area contributed by atoms with Crippen LogP contribution in [0, 0.1) is 0 Å². The van der Waals surface area contributed by atoms with Crippen LogP contribution in [-0.2, 0) is 6.42 Å². The van der Waals surface area contributed by atoms with Gasteiger partial charge in [0.1, 0.15) is 4.88 Å². The van der Waals surface area contributed by atoms with Gasteiger partial charge < -0.3 is 10.8 Å². The van der Waals surface area contributed by atoms with Crippen LogP contribution in [0.1, 0.15) is 22.2 Å². The molecule has 0 unspecified atom stereocenters. The third-order valence-corrected chi connectivity index (χ3v) is 5.36. The Kier molecular flexibility index (Phi) is 4.18. The van der Waals surface area contributed by atoms with Gasteiger partial charge >= 0.3 is 5.97 Å². The van der Waals surface area contributed by atoms with Crippen LogP contribution >= 0.6 is 38.9 Å². The molecule has 0 bridgehead atoms. The van der Waals surface area contributed by atoms with E-state index in [0.29, 0.717) is 17.1 Å². The second-order valence-corrected chi connectivity index (χ2v) is 6.17. The molecule has 0 atom stereocenters.